The van der Waals surface area contributed by atoms with Crippen molar-refractivity contribution in [1.82, 2.24) is 0 Å². The Morgan fingerprint density at radius 1 is 0.426 bits per heavy atom. The van der Waals surface area contributed by atoms with E-state index < -0.39 is 0 Å². The van der Waals surface area contributed by atoms with Crippen molar-refractivity contribution in [2.45, 2.75) is 17.9 Å². The molecule has 10 aromatic rings. The summed E-state index contributed by atoms with van der Waals surface area (Å²) < 4.78 is 7.07. The zero-order valence-electron chi connectivity index (χ0n) is 33.4. The van der Waals surface area contributed by atoms with Crippen molar-refractivity contribution >= 4 is 39.2 Å². The molecule has 9 aromatic carbocycles. The molecule has 2 heteroatoms. The lowest BCUT2D eigenvalue weighted by molar-refractivity contribution is 0.489. The van der Waals surface area contributed by atoms with Gasteiger partial charge in [-0.2, -0.15) is 0 Å². The zero-order chi connectivity index (χ0) is 40.1. The monoisotopic (exact) mass is 777 g/mol. The van der Waals surface area contributed by atoms with Crippen molar-refractivity contribution in [2.24, 2.45) is 0 Å². The van der Waals surface area contributed by atoms with E-state index in [0.29, 0.717) is 0 Å². The van der Waals surface area contributed by atoms with Crippen LogP contribution < -0.4 is 4.90 Å². The number of hydrogen-bond acceptors (Lipinski definition) is 2. The van der Waals surface area contributed by atoms with Crippen molar-refractivity contribution in [3.8, 4) is 44.5 Å². The zero-order valence-corrected chi connectivity index (χ0v) is 33.4. The summed E-state index contributed by atoms with van der Waals surface area (Å²) in [4.78, 5) is 2.49. The fourth-order valence-electron chi connectivity index (χ4n) is 11.0. The second kappa shape index (κ2) is 13.2. The third-order valence-corrected chi connectivity index (χ3v) is 13.6. The predicted octanol–water partition coefficient (Wildman–Crippen LogP) is 15.6. The fraction of sp³-hybridized carbons (Fsp3) is 0.0508. The van der Waals surface area contributed by atoms with Crippen LogP contribution in [0.15, 0.2) is 217 Å². The molecule has 286 valence electrons. The summed E-state index contributed by atoms with van der Waals surface area (Å²) in [6.45, 7) is 0. The Hall–Kier alpha value is -7.68. The number of hydrogen-bond donors (Lipinski definition) is 0. The van der Waals surface area contributed by atoms with E-state index in [9.17, 15) is 0 Å². The number of para-hydroxylation sites is 1. The van der Waals surface area contributed by atoms with E-state index in [-0.39, 0.29) is 11.5 Å². The van der Waals surface area contributed by atoms with Gasteiger partial charge in [0.2, 0.25) is 0 Å². The standard InChI is InChI=1S/C59H39NO/c1-2-15-40(16-3-1)45-21-12-22-50-51-23-13-27-56(58(51)61-57(45)50)60(44-34-30-38-14-4-5-17-41(38)36-44)43-32-28-39(29-33-43)42-31-35-49-48-20-8-11-26-54(48)59(55(49)37-42)52-24-9-6-18-46(52)47-19-7-10-25-53(47)59/h1-26,28-37,56H,27H2. The van der Waals surface area contributed by atoms with Crippen LogP contribution in [0.2, 0.25) is 0 Å². The molecule has 0 amide bonds. The molecule has 1 unspecified atom stereocenters. The summed E-state index contributed by atoms with van der Waals surface area (Å²) in [5.74, 6) is 0.999. The molecular formula is C59H39NO. The van der Waals surface area contributed by atoms with Gasteiger partial charge in [-0.05, 0) is 109 Å². The van der Waals surface area contributed by atoms with Gasteiger partial charge in [0.25, 0.3) is 0 Å². The average molecular weight is 778 g/mol. The minimum Gasteiger partial charge on any atom is -0.458 e. The van der Waals surface area contributed by atoms with Crippen molar-refractivity contribution in [2.75, 3.05) is 4.90 Å². The molecule has 3 aliphatic carbocycles. The van der Waals surface area contributed by atoms with E-state index >= 15 is 0 Å². The van der Waals surface area contributed by atoms with Gasteiger partial charge < -0.3 is 9.32 Å². The summed E-state index contributed by atoms with van der Waals surface area (Å²) in [6.07, 6.45) is 5.39. The van der Waals surface area contributed by atoms with Crippen LogP contribution in [0, 0.1) is 0 Å². The number of anilines is 2. The minimum atomic E-state index is -0.374. The van der Waals surface area contributed by atoms with Crippen molar-refractivity contribution in [3.63, 3.8) is 0 Å². The third-order valence-electron chi connectivity index (χ3n) is 13.6. The van der Waals surface area contributed by atoms with E-state index in [1.54, 1.807) is 0 Å². The molecule has 0 bridgehead atoms. The smallest absolute Gasteiger partial charge is 0.142 e. The molecule has 0 saturated carbocycles. The summed E-state index contributed by atoms with van der Waals surface area (Å²) >= 11 is 0. The molecule has 2 nitrogen and oxygen atoms in total. The first-order chi connectivity index (χ1) is 30.3. The molecule has 0 saturated heterocycles. The highest BCUT2D eigenvalue weighted by Gasteiger charge is 2.51. The number of nitrogens with zero attached hydrogens (tertiary/aromatic N) is 1. The number of rotatable bonds is 5. The van der Waals surface area contributed by atoms with Crippen LogP contribution in [-0.4, -0.2) is 0 Å². The van der Waals surface area contributed by atoms with Gasteiger partial charge in [0.15, 0.2) is 0 Å². The Morgan fingerprint density at radius 2 is 1.02 bits per heavy atom. The first-order valence-electron chi connectivity index (χ1n) is 21.4. The Labute approximate surface area is 355 Å². The van der Waals surface area contributed by atoms with Crippen LogP contribution in [-0.2, 0) is 5.41 Å². The highest BCUT2D eigenvalue weighted by molar-refractivity contribution is 5.99. The van der Waals surface area contributed by atoms with Crippen LogP contribution in [0.25, 0.3) is 72.3 Å². The number of benzene rings is 9. The predicted molar refractivity (Wildman–Crippen MR) is 252 cm³/mol. The molecule has 13 rings (SSSR count). The van der Waals surface area contributed by atoms with E-state index in [2.05, 4.69) is 223 Å². The molecule has 1 spiro atoms. The van der Waals surface area contributed by atoms with Crippen molar-refractivity contribution < 1.29 is 4.42 Å². The fourth-order valence-corrected chi connectivity index (χ4v) is 11.0. The molecule has 0 aliphatic heterocycles. The molecule has 0 fully saturated rings. The van der Waals surface area contributed by atoms with E-state index in [4.69, 9.17) is 4.42 Å². The Morgan fingerprint density at radius 3 is 1.74 bits per heavy atom. The van der Waals surface area contributed by atoms with Gasteiger partial charge in [-0.15, -0.1) is 0 Å². The molecule has 3 aliphatic rings. The lowest BCUT2D eigenvalue weighted by Gasteiger charge is -2.34. The second-order valence-electron chi connectivity index (χ2n) is 16.7. The highest BCUT2D eigenvalue weighted by Crippen LogP contribution is 2.63. The summed E-state index contributed by atoms with van der Waals surface area (Å²) in [5.41, 5.74) is 19.4. The number of fused-ring (bicyclic) bond motifs is 14. The quantitative estimate of drug-likeness (QED) is 0.173. The molecule has 1 heterocycles. The summed E-state index contributed by atoms with van der Waals surface area (Å²) in [5, 5.41) is 3.59. The van der Waals surface area contributed by atoms with Gasteiger partial charge in [-0.25, -0.2) is 0 Å². The first-order valence-corrected chi connectivity index (χ1v) is 21.4. The van der Waals surface area contributed by atoms with Gasteiger partial charge in [0.05, 0.1) is 11.5 Å². The Kier molecular flexibility index (Phi) is 7.38. The van der Waals surface area contributed by atoms with Gasteiger partial charge >= 0.3 is 0 Å². The molecule has 0 radical (unpaired) electrons. The Bertz CT molecular complexity index is 3340. The maximum atomic E-state index is 7.07. The second-order valence-corrected chi connectivity index (χ2v) is 16.7. The van der Waals surface area contributed by atoms with Gasteiger partial charge in [0.1, 0.15) is 11.3 Å². The van der Waals surface area contributed by atoms with E-state index in [0.717, 1.165) is 51.2 Å². The summed E-state index contributed by atoms with van der Waals surface area (Å²) in [6, 6.07) is 76.0. The van der Waals surface area contributed by atoms with Crippen LogP contribution >= 0.6 is 0 Å². The van der Waals surface area contributed by atoms with Gasteiger partial charge in [-0.1, -0.05) is 188 Å². The molecular weight excluding hydrogens is 739 g/mol. The van der Waals surface area contributed by atoms with Gasteiger partial charge in [-0.3, -0.25) is 0 Å². The first kappa shape index (κ1) is 34.2. The lowest BCUT2D eigenvalue weighted by Crippen LogP contribution is -2.25. The largest absolute Gasteiger partial charge is 0.458 e. The van der Waals surface area contributed by atoms with Crippen LogP contribution in [0.3, 0.4) is 0 Å². The van der Waals surface area contributed by atoms with Crippen molar-refractivity contribution in [3.05, 3.63) is 246 Å². The van der Waals surface area contributed by atoms with Crippen LogP contribution in [0.4, 0.5) is 11.4 Å². The van der Waals surface area contributed by atoms with Gasteiger partial charge in [0, 0.05) is 27.9 Å². The third kappa shape index (κ3) is 4.91. The van der Waals surface area contributed by atoms with Crippen LogP contribution in [0.5, 0.6) is 0 Å². The average Bonchev–Trinajstić information content (AvgIpc) is 3.97. The molecule has 61 heavy (non-hydrogen) atoms. The summed E-state index contributed by atoms with van der Waals surface area (Å²) in [7, 11) is 0. The number of furan rings is 1. The molecule has 1 atom stereocenters. The van der Waals surface area contributed by atoms with E-state index in [1.165, 1.54) is 66.4 Å². The topological polar surface area (TPSA) is 16.4 Å². The normalized spacial score (nSPS) is 15.0. The maximum Gasteiger partial charge on any atom is 0.142 e. The maximum absolute atomic E-state index is 7.07. The molecule has 0 N–H and O–H groups in total. The molecule has 1 aromatic heterocycles. The highest BCUT2D eigenvalue weighted by atomic mass is 16.3. The Balaban J connectivity index is 0.953. The SMILES string of the molecule is C1=Cc2c(oc3c(-c4ccccc4)cccc23)C(N(c2ccc(-c3ccc4c(c3)C3(c5ccccc5-c5ccccc53)c3ccccc3-4)cc2)c2ccc3ccccc3c2)C1. The van der Waals surface area contributed by atoms with Crippen molar-refractivity contribution in [1.29, 1.82) is 0 Å². The lowest BCUT2D eigenvalue weighted by atomic mass is 9.70. The minimum absolute atomic E-state index is 0.0519. The van der Waals surface area contributed by atoms with E-state index in [1.807, 2.05) is 0 Å². The van der Waals surface area contributed by atoms with Crippen LogP contribution in [0.1, 0.15) is 46.0 Å².